The van der Waals surface area contributed by atoms with Crippen molar-refractivity contribution in [2.45, 2.75) is 19.8 Å². The Balaban J connectivity index is 1.49. The van der Waals surface area contributed by atoms with Gasteiger partial charge < -0.3 is 9.80 Å². The molecule has 1 aromatic carbocycles. The van der Waals surface area contributed by atoms with Crippen molar-refractivity contribution >= 4 is 32.6 Å². The van der Waals surface area contributed by atoms with Crippen LogP contribution in [0.4, 0.5) is 5.13 Å². The number of nitrogens with zero attached hydrogens (tertiary/aromatic N) is 5. The molecule has 0 radical (unpaired) electrons. The second-order valence-electron chi connectivity index (χ2n) is 7.00. The molecule has 0 aliphatic carbocycles. The molecule has 1 aliphatic rings. The average molecular weight is 369 g/mol. The summed E-state index contributed by atoms with van der Waals surface area (Å²) in [6.45, 7) is 7.40. The fourth-order valence-corrected chi connectivity index (χ4v) is 4.40. The van der Waals surface area contributed by atoms with Crippen LogP contribution in [0.15, 0.2) is 30.5 Å². The summed E-state index contributed by atoms with van der Waals surface area (Å²) in [7, 11) is 1.83. The highest BCUT2D eigenvalue weighted by Crippen LogP contribution is 2.33. The zero-order valence-corrected chi connectivity index (χ0v) is 16.2. The Hall–Kier alpha value is -2.41. The second kappa shape index (κ2) is 6.72. The maximum atomic E-state index is 12.5. The van der Waals surface area contributed by atoms with Crippen LogP contribution in [0.3, 0.4) is 0 Å². The molecule has 1 fully saturated rings. The molecule has 1 aliphatic heterocycles. The third-order valence-electron chi connectivity index (χ3n) is 4.83. The van der Waals surface area contributed by atoms with E-state index in [4.69, 9.17) is 4.98 Å². The largest absolute Gasteiger partial charge is 0.345 e. The molecule has 0 N–H and O–H groups in total. The van der Waals surface area contributed by atoms with Gasteiger partial charge in [-0.2, -0.15) is 5.10 Å². The minimum absolute atomic E-state index is 0.0108. The molecule has 0 unspecified atom stereocenters. The standard InChI is InChI=1S/C19H23N5OS/c1-13(2)14-5-4-6-16-17(14)20-19(26-16)24-11-9-23(10-12-24)18(25)15-7-8-22(3)21-15/h4-8,13H,9-12H2,1-3H3. The van der Waals surface area contributed by atoms with Crippen LogP contribution in [0.5, 0.6) is 0 Å². The molecule has 136 valence electrons. The van der Waals surface area contributed by atoms with Crippen molar-refractivity contribution in [2.24, 2.45) is 7.05 Å². The van der Waals surface area contributed by atoms with E-state index in [0.717, 1.165) is 23.7 Å². The van der Waals surface area contributed by atoms with Gasteiger partial charge in [-0.1, -0.05) is 37.3 Å². The molecule has 1 saturated heterocycles. The SMILES string of the molecule is CC(C)c1cccc2sc(N3CCN(C(=O)c4ccn(C)n4)CC3)nc12. The number of piperazine rings is 1. The van der Waals surface area contributed by atoms with Crippen LogP contribution in [-0.4, -0.2) is 51.8 Å². The molecule has 7 heteroatoms. The predicted molar refractivity (Wildman–Crippen MR) is 105 cm³/mol. The summed E-state index contributed by atoms with van der Waals surface area (Å²) in [6, 6.07) is 8.20. The summed E-state index contributed by atoms with van der Waals surface area (Å²) in [5, 5.41) is 5.27. The van der Waals surface area contributed by atoms with E-state index in [1.54, 1.807) is 28.3 Å². The van der Waals surface area contributed by atoms with Gasteiger partial charge in [-0.3, -0.25) is 9.48 Å². The summed E-state index contributed by atoms with van der Waals surface area (Å²) in [6.07, 6.45) is 1.80. The lowest BCUT2D eigenvalue weighted by Crippen LogP contribution is -2.48. The van der Waals surface area contributed by atoms with E-state index in [9.17, 15) is 4.79 Å². The van der Waals surface area contributed by atoms with Crippen molar-refractivity contribution in [1.82, 2.24) is 19.7 Å². The maximum absolute atomic E-state index is 12.5. The highest BCUT2D eigenvalue weighted by Gasteiger charge is 2.25. The van der Waals surface area contributed by atoms with Gasteiger partial charge >= 0.3 is 0 Å². The van der Waals surface area contributed by atoms with Gasteiger partial charge in [0, 0.05) is 39.4 Å². The lowest BCUT2D eigenvalue weighted by atomic mass is 10.0. The van der Waals surface area contributed by atoms with E-state index in [1.807, 2.05) is 11.9 Å². The highest BCUT2D eigenvalue weighted by atomic mass is 32.1. The van der Waals surface area contributed by atoms with Gasteiger partial charge in [0.1, 0.15) is 5.69 Å². The number of amides is 1. The molecule has 0 bridgehead atoms. The summed E-state index contributed by atoms with van der Waals surface area (Å²) in [5.74, 6) is 0.470. The fourth-order valence-electron chi connectivity index (χ4n) is 3.35. The molecular formula is C19H23N5OS. The Bertz CT molecular complexity index is 936. The second-order valence-corrected chi connectivity index (χ2v) is 8.01. The van der Waals surface area contributed by atoms with E-state index in [2.05, 4.69) is 42.0 Å². The number of carbonyl (C=O) groups excluding carboxylic acids is 1. The van der Waals surface area contributed by atoms with E-state index in [-0.39, 0.29) is 5.91 Å². The van der Waals surface area contributed by atoms with Crippen LogP contribution in [0.25, 0.3) is 10.2 Å². The predicted octanol–water partition coefficient (Wildman–Crippen LogP) is 3.12. The van der Waals surface area contributed by atoms with Gasteiger partial charge in [0.2, 0.25) is 0 Å². The maximum Gasteiger partial charge on any atom is 0.274 e. The van der Waals surface area contributed by atoms with E-state index < -0.39 is 0 Å². The number of anilines is 1. The van der Waals surface area contributed by atoms with Crippen molar-refractivity contribution in [3.8, 4) is 0 Å². The fraction of sp³-hybridized carbons (Fsp3) is 0.421. The first-order chi connectivity index (χ1) is 12.5. The first kappa shape index (κ1) is 17.0. The zero-order valence-electron chi connectivity index (χ0n) is 15.3. The minimum Gasteiger partial charge on any atom is -0.345 e. The third kappa shape index (κ3) is 3.07. The van der Waals surface area contributed by atoms with Gasteiger partial charge in [-0.25, -0.2) is 4.98 Å². The van der Waals surface area contributed by atoms with Crippen molar-refractivity contribution < 1.29 is 4.79 Å². The van der Waals surface area contributed by atoms with Crippen LogP contribution in [0, 0.1) is 0 Å². The van der Waals surface area contributed by atoms with Gasteiger partial charge in [0.25, 0.3) is 5.91 Å². The summed E-state index contributed by atoms with van der Waals surface area (Å²) < 4.78 is 2.90. The lowest BCUT2D eigenvalue weighted by molar-refractivity contribution is 0.0740. The number of fused-ring (bicyclic) bond motifs is 1. The van der Waals surface area contributed by atoms with Crippen molar-refractivity contribution in [3.63, 3.8) is 0 Å². The third-order valence-corrected chi connectivity index (χ3v) is 5.91. The normalized spacial score (nSPS) is 15.2. The van der Waals surface area contributed by atoms with Gasteiger partial charge in [0.15, 0.2) is 5.13 Å². The number of rotatable bonds is 3. The molecule has 6 nitrogen and oxygen atoms in total. The molecule has 0 saturated carbocycles. The quantitative estimate of drug-likeness (QED) is 0.712. The first-order valence-corrected chi connectivity index (χ1v) is 9.78. The van der Waals surface area contributed by atoms with E-state index in [1.165, 1.54) is 10.3 Å². The molecule has 1 amide bonds. The number of para-hydroxylation sites is 1. The van der Waals surface area contributed by atoms with Crippen LogP contribution in [-0.2, 0) is 7.05 Å². The van der Waals surface area contributed by atoms with Crippen molar-refractivity contribution in [2.75, 3.05) is 31.1 Å². The van der Waals surface area contributed by atoms with E-state index >= 15 is 0 Å². The number of hydrogen-bond acceptors (Lipinski definition) is 5. The zero-order chi connectivity index (χ0) is 18.3. The van der Waals surface area contributed by atoms with Crippen LogP contribution in [0.1, 0.15) is 35.8 Å². The molecule has 3 heterocycles. The summed E-state index contributed by atoms with van der Waals surface area (Å²) in [5.41, 5.74) is 2.94. The molecule has 2 aromatic heterocycles. The summed E-state index contributed by atoms with van der Waals surface area (Å²) in [4.78, 5) is 21.6. The van der Waals surface area contributed by atoms with Gasteiger partial charge in [0.05, 0.1) is 10.2 Å². The molecule has 26 heavy (non-hydrogen) atoms. The van der Waals surface area contributed by atoms with Crippen molar-refractivity contribution in [3.05, 3.63) is 41.7 Å². The number of aromatic nitrogens is 3. The molecule has 0 atom stereocenters. The molecule has 3 aromatic rings. The average Bonchev–Trinajstić information content (AvgIpc) is 3.27. The Morgan fingerprint density at radius 3 is 2.58 bits per heavy atom. The van der Waals surface area contributed by atoms with Crippen LogP contribution in [0.2, 0.25) is 0 Å². The Morgan fingerprint density at radius 2 is 1.92 bits per heavy atom. The smallest absolute Gasteiger partial charge is 0.274 e. The molecular weight excluding hydrogens is 346 g/mol. The minimum atomic E-state index is 0.0108. The number of carbonyl (C=O) groups is 1. The molecule has 0 spiro atoms. The highest BCUT2D eigenvalue weighted by molar-refractivity contribution is 7.22. The first-order valence-electron chi connectivity index (χ1n) is 8.96. The van der Waals surface area contributed by atoms with Crippen LogP contribution >= 0.6 is 11.3 Å². The van der Waals surface area contributed by atoms with Gasteiger partial charge in [-0.05, 0) is 23.6 Å². The van der Waals surface area contributed by atoms with Crippen LogP contribution < -0.4 is 4.90 Å². The summed E-state index contributed by atoms with van der Waals surface area (Å²) >= 11 is 1.74. The number of aryl methyl sites for hydroxylation is 1. The monoisotopic (exact) mass is 369 g/mol. The van der Waals surface area contributed by atoms with E-state index in [0.29, 0.717) is 24.7 Å². The number of benzene rings is 1. The Morgan fingerprint density at radius 1 is 1.15 bits per heavy atom. The topological polar surface area (TPSA) is 54.3 Å². The number of thiazole rings is 1. The number of hydrogen-bond donors (Lipinski definition) is 0. The Labute approximate surface area is 157 Å². The Kier molecular flexibility index (Phi) is 4.40. The van der Waals surface area contributed by atoms with Crippen molar-refractivity contribution in [1.29, 1.82) is 0 Å². The lowest BCUT2D eigenvalue weighted by Gasteiger charge is -2.34. The van der Waals surface area contributed by atoms with Gasteiger partial charge in [-0.15, -0.1) is 0 Å². The molecule has 4 rings (SSSR count).